The van der Waals surface area contributed by atoms with Crippen LogP contribution in [0.1, 0.15) is 25.7 Å². The Hall–Kier alpha value is 0.544. The van der Waals surface area contributed by atoms with Gasteiger partial charge in [-0.05, 0) is 14.1 Å². The van der Waals surface area contributed by atoms with Crippen molar-refractivity contribution < 1.29 is 18.6 Å². The summed E-state index contributed by atoms with van der Waals surface area (Å²) < 4.78 is 0. The van der Waals surface area contributed by atoms with Gasteiger partial charge in [-0.15, -0.1) is 0 Å². The van der Waals surface area contributed by atoms with Crippen molar-refractivity contribution in [2.45, 2.75) is 31.7 Å². The molecular formula is C8H16NV-. The molecule has 1 aliphatic rings. The van der Waals surface area contributed by atoms with Gasteiger partial charge in [0.05, 0.1) is 0 Å². The fourth-order valence-electron chi connectivity index (χ4n) is 1.43. The van der Waals surface area contributed by atoms with Crippen molar-refractivity contribution >= 4 is 0 Å². The maximum Gasteiger partial charge on any atom is 0.00406 e. The van der Waals surface area contributed by atoms with E-state index in [-0.39, 0.29) is 18.6 Å². The fraction of sp³-hybridized carbons (Fsp3) is 0.875. The topological polar surface area (TPSA) is 3.24 Å². The molecule has 59 valence electrons. The largest absolute Gasteiger partial charge is 0.328 e. The van der Waals surface area contributed by atoms with Gasteiger partial charge >= 0.3 is 0 Å². The predicted molar refractivity (Wildman–Crippen MR) is 40.2 cm³/mol. The predicted octanol–water partition coefficient (Wildman–Crippen LogP) is 1.69. The minimum Gasteiger partial charge on any atom is -0.328 e. The summed E-state index contributed by atoms with van der Waals surface area (Å²) in [5.41, 5.74) is 0. The molecule has 0 N–H and O–H groups in total. The molecule has 1 rings (SSSR count). The van der Waals surface area contributed by atoms with E-state index in [1.807, 2.05) is 0 Å². The van der Waals surface area contributed by atoms with Crippen LogP contribution >= 0.6 is 0 Å². The average Bonchev–Trinajstić information content (AvgIpc) is 1.90. The number of nitrogens with zero attached hydrogens (tertiary/aromatic N) is 1. The van der Waals surface area contributed by atoms with E-state index in [4.69, 9.17) is 0 Å². The normalized spacial score (nSPS) is 20.7. The van der Waals surface area contributed by atoms with Crippen molar-refractivity contribution in [3.63, 3.8) is 0 Å². The van der Waals surface area contributed by atoms with Crippen molar-refractivity contribution in [2.75, 3.05) is 14.1 Å². The van der Waals surface area contributed by atoms with Crippen molar-refractivity contribution in [1.82, 2.24) is 4.90 Å². The first-order valence-corrected chi connectivity index (χ1v) is 3.79. The Balaban J connectivity index is 0.000000810. The Kier molecular flexibility index (Phi) is 5.51. The molecule has 0 atom stereocenters. The summed E-state index contributed by atoms with van der Waals surface area (Å²) in [7, 11) is 4.35. The van der Waals surface area contributed by atoms with Crippen molar-refractivity contribution in [1.29, 1.82) is 0 Å². The fourth-order valence-corrected chi connectivity index (χ4v) is 1.43. The number of hydrogen-bond acceptors (Lipinski definition) is 1. The molecule has 0 amide bonds. The third kappa shape index (κ3) is 3.09. The van der Waals surface area contributed by atoms with E-state index < -0.39 is 0 Å². The molecule has 0 unspecified atom stereocenters. The third-order valence-electron chi connectivity index (χ3n) is 2.14. The summed E-state index contributed by atoms with van der Waals surface area (Å²) in [4.78, 5) is 2.34. The van der Waals surface area contributed by atoms with E-state index in [0.717, 1.165) is 6.04 Å². The molecule has 1 fully saturated rings. The quantitative estimate of drug-likeness (QED) is 0.551. The molecule has 2 heteroatoms. The summed E-state index contributed by atoms with van der Waals surface area (Å²) in [5, 5.41) is 0. The monoisotopic (exact) mass is 177 g/mol. The van der Waals surface area contributed by atoms with Crippen LogP contribution in [0.15, 0.2) is 0 Å². The molecule has 1 radical (unpaired) electrons. The van der Waals surface area contributed by atoms with Gasteiger partial charge in [-0.1, -0.05) is 12.8 Å². The van der Waals surface area contributed by atoms with Crippen molar-refractivity contribution in [2.24, 2.45) is 0 Å². The molecule has 0 aromatic rings. The second kappa shape index (κ2) is 5.23. The number of rotatable bonds is 1. The van der Waals surface area contributed by atoms with Gasteiger partial charge in [0.1, 0.15) is 0 Å². The molecule has 10 heavy (non-hydrogen) atoms. The van der Waals surface area contributed by atoms with Gasteiger partial charge in [-0.3, -0.25) is 0 Å². The van der Waals surface area contributed by atoms with Gasteiger partial charge in [0.15, 0.2) is 0 Å². The van der Waals surface area contributed by atoms with Crippen LogP contribution in [0, 0.1) is 6.42 Å². The molecule has 0 bridgehead atoms. The molecular weight excluding hydrogens is 161 g/mol. The molecule has 0 aliphatic heterocycles. The van der Waals surface area contributed by atoms with E-state index in [2.05, 4.69) is 25.4 Å². The first kappa shape index (κ1) is 10.5. The number of hydrogen-bond donors (Lipinski definition) is 0. The van der Waals surface area contributed by atoms with Crippen LogP contribution in [0.5, 0.6) is 0 Å². The van der Waals surface area contributed by atoms with E-state index in [1.165, 1.54) is 25.7 Å². The van der Waals surface area contributed by atoms with Gasteiger partial charge in [0.25, 0.3) is 0 Å². The molecule has 1 aliphatic carbocycles. The second-order valence-electron chi connectivity index (χ2n) is 3.06. The molecule has 1 nitrogen and oxygen atoms in total. The summed E-state index contributed by atoms with van der Waals surface area (Å²) >= 11 is 0. The van der Waals surface area contributed by atoms with Gasteiger partial charge in [0, 0.05) is 24.6 Å². The Morgan fingerprint density at radius 2 is 1.70 bits per heavy atom. The maximum absolute atomic E-state index is 2.40. The van der Waals surface area contributed by atoms with Crippen molar-refractivity contribution in [3.05, 3.63) is 6.42 Å². The van der Waals surface area contributed by atoms with Crippen LogP contribution in [0.3, 0.4) is 0 Å². The molecule has 0 spiro atoms. The van der Waals surface area contributed by atoms with Crippen LogP contribution in [0.4, 0.5) is 0 Å². The van der Waals surface area contributed by atoms with Gasteiger partial charge < -0.3 is 11.3 Å². The SMILES string of the molecule is CN(C)C1CC[CH-]CC1.[V]. The van der Waals surface area contributed by atoms with E-state index in [0.29, 0.717) is 0 Å². The van der Waals surface area contributed by atoms with E-state index >= 15 is 0 Å². The zero-order valence-corrected chi connectivity index (χ0v) is 8.27. The Labute approximate surface area is 76.1 Å². The zero-order valence-electron chi connectivity index (χ0n) is 6.88. The van der Waals surface area contributed by atoms with Gasteiger partial charge in [-0.25, -0.2) is 0 Å². The van der Waals surface area contributed by atoms with E-state index in [1.54, 1.807) is 0 Å². The minimum absolute atomic E-state index is 0. The van der Waals surface area contributed by atoms with Crippen molar-refractivity contribution in [3.8, 4) is 0 Å². The molecule has 0 aromatic heterocycles. The average molecular weight is 177 g/mol. The first-order chi connectivity index (χ1) is 4.30. The Morgan fingerprint density at radius 1 is 1.20 bits per heavy atom. The van der Waals surface area contributed by atoms with Crippen LogP contribution < -0.4 is 0 Å². The summed E-state index contributed by atoms with van der Waals surface area (Å²) in [6.07, 6.45) is 7.78. The van der Waals surface area contributed by atoms with Gasteiger partial charge in [-0.2, -0.15) is 12.8 Å². The molecule has 1 saturated carbocycles. The third-order valence-corrected chi connectivity index (χ3v) is 2.14. The molecule has 0 heterocycles. The standard InChI is InChI=1S/C8H16N.V/c1-9(2)8-6-4-3-5-7-8;/h3,8H,4-7H2,1-2H3;/q-1;. The van der Waals surface area contributed by atoms with Crippen LogP contribution in [0.2, 0.25) is 0 Å². The minimum atomic E-state index is 0. The Morgan fingerprint density at radius 3 is 2.00 bits per heavy atom. The summed E-state index contributed by atoms with van der Waals surface area (Å²) in [6.45, 7) is 0. The molecule has 0 aromatic carbocycles. The smallest absolute Gasteiger partial charge is 0.00406 e. The summed E-state index contributed by atoms with van der Waals surface area (Å²) in [5.74, 6) is 0. The van der Waals surface area contributed by atoms with Gasteiger partial charge in [0.2, 0.25) is 0 Å². The molecule has 0 saturated heterocycles. The van der Waals surface area contributed by atoms with Crippen LogP contribution in [-0.4, -0.2) is 25.0 Å². The zero-order chi connectivity index (χ0) is 6.69. The Bertz CT molecular complexity index is 77.3. The summed E-state index contributed by atoms with van der Waals surface area (Å²) in [6, 6.07) is 0.856. The van der Waals surface area contributed by atoms with Crippen LogP contribution in [0.25, 0.3) is 0 Å². The second-order valence-corrected chi connectivity index (χ2v) is 3.06. The van der Waals surface area contributed by atoms with E-state index in [9.17, 15) is 0 Å². The van der Waals surface area contributed by atoms with Crippen LogP contribution in [-0.2, 0) is 18.6 Å². The first-order valence-electron chi connectivity index (χ1n) is 3.79. The maximum atomic E-state index is 2.40.